The Bertz CT molecular complexity index is 2670. The fourth-order valence-electron chi connectivity index (χ4n) is 12.2. The van der Waals surface area contributed by atoms with E-state index in [1.165, 1.54) is 71.9 Å². The van der Waals surface area contributed by atoms with E-state index in [0.29, 0.717) is 28.5 Å². The van der Waals surface area contributed by atoms with Gasteiger partial charge in [-0.1, -0.05) is 127 Å². The van der Waals surface area contributed by atoms with Gasteiger partial charge in [0.25, 0.3) is 0 Å². The van der Waals surface area contributed by atoms with E-state index in [-0.39, 0.29) is 0 Å². The molecule has 0 radical (unpaired) electrons. The lowest BCUT2D eigenvalue weighted by Crippen LogP contribution is -2.48. The van der Waals surface area contributed by atoms with Crippen molar-refractivity contribution in [1.82, 2.24) is 15.0 Å². The van der Waals surface area contributed by atoms with Crippen LogP contribution in [-0.4, -0.2) is 15.0 Å². The number of hydrogen-bond donors (Lipinski definition) is 0. The second kappa shape index (κ2) is 11.4. The quantitative estimate of drug-likeness (QED) is 0.183. The summed E-state index contributed by atoms with van der Waals surface area (Å²) in [5.74, 6) is 4.58. The minimum Gasteiger partial charge on any atom is -0.208 e. The van der Waals surface area contributed by atoms with E-state index in [1.807, 2.05) is 42.5 Å². The van der Waals surface area contributed by atoms with Crippen molar-refractivity contribution in [3.63, 3.8) is 0 Å². The zero-order chi connectivity index (χ0) is 36.3. The summed E-state index contributed by atoms with van der Waals surface area (Å²) in [6, 6.07) is 52.4. The molecule has 0 N–H and O–H groups in total. The van der Waals surface area contributed by atoms with Crippen molar-refractivity contribution in [1.29, 1.82) is 5.26 Å². The maximum absolute atomic E-state index is 10.2. The molecule has 262 valence electrons. The molecule has 0 saturated heterocycles. The SMILES string of the molecule is N#Cc1ccc2c(c1)-c1cccc(-c3nc(-c4ccccc4)nc(-c4ccccc4)n3)c1C21c2ccccc2-c2cc(C34C[C@H]5C[C@@H](C3)C[C@@H](C4)C5)ccc21. The van der Waals surface area contributed by atoms with Crippen LogP contribution in [-0.2, 0) is 10.8 Å². The topological polar surface area (TPSA) is 62.5 Å². The summed E-state index contributed by atoms with van der Waals surface area (Å²) in [7, 11) is 0. The van der Waals surface area contributed by atoms with Crippen LogP contribution in [0.2, 0.25) is 0 Å². The summed E-state index contributed by atoms with van der Waals surface area (Å²) in [6.07, 6.45) is 8.32. The number of rotatable bonds is 4. The van der Waals surface area contributed by atoms with E-state index in [4.69, 9.17) is 15.0 Å². The molecule has 13 rings (SSSR count). The standard InChI is InChI=1S/C51H38N4/c52-30-31-18-20-44-41(25-31)39-15-9-16-40(49-54-47(35-10-3-1-4-11-35)53-48(55-49)36-12-5-2-6-13-36)46(39)51(44)43-17-8-7-14-38(43)42-26-37(19-21-45(42)51)50-27-32-22-33(28-50)24-34(23-32)29-50/h1-21,25-26,32-34H,22-24,27-29H2/t32-,33+,34-,50?,51?. The van der Waals surface area contributed by atoms with E-state index in [9.17, 15) is 5.26 Å². The first-order valence-electron chi connectivity index (χ1n) is 19.9. The number of nitriles is 1. The fraction of sp³-hybridized carbons (Fsp3) is 0.216. The van der Waals surface area contributed by atoms with Gasteiger partial charge in [0, 0.05) is 16.7 Å². The molecule has 1 unspecified atom stereocenters. The van der Waals surface area contributed by atoms with Crippen molar-refractivity contribution in [3.8, 4) is 62.5 Å². The smallest absolute Gasteiger partial charge is 0.164 e. The van der Waals surface area contributed by atoms with Gasteiger partial charge in [0.1, 0.15) is 0 Å². The van der Waals surface area contributed by atoms with Crippen molar-refractivity contribution < 1.29 is 0 Å². The van der Waals surface area contributed by atoms with Crippen LogP contribution in [0.5, 0.6) is 0 Å². The number of benzene rings is 6. The van der Waals surface area contributed by atoms with Crippen molar-refractivity contribution >= 4 is 0 Å². The van der Waals surface area contributed by atoms with E-state index in [2.05, 4.69) is 103 Å². The highest BCUT2D eigenvalue weighted by Crippen LogP contribution is 2.66. The molecule has 4 saturated carbocycles. The average Bonchev–Trinajstić information content (AvgIpc) is 3.70. The largest absolute Gasteiger partial charge is 0.208 e. The van der Waals surface area contributed by atoms with Gasteiger partial charge in [-0.05, 0) is 124 Å². The van der Waals surface area contributed by atoms with Crippen LogP contribution in [0.4, 0.5) is 0 Å². The Hall–Kier alpha value is -6.18. The number of aromatic nitrogens is 3. The van der Waals surface area contributed by atoms with Crippen LogP contribution >= 0.6 is 0 Å². The molecule has 1 spiro atoms. The molecule has 4 fully saturated rings. The molecule has 1 atom stereocenters. The monoisotopic (exact) mass is 706 g/mol. The van der Waals surface area contributed by atoms with Gasteiger partial charge in [0.15, 0.2) is 17.5 Å². The van der Waals surface area contributed by atoms with Gasteiger partial charge >= 0.3 is 0 Å². The van der Waals surface area contributed by atoms with E-state index in [1.54, 1.807) is 5.56 Å². The van der Waals surface area contributed by atoms with Crippen molar-refractivity contribution in [2.75, 3.05) is 0 Å². The lowest BCUT2D eigenvalue weighted by atomic mass is 9.48. The van der Waals surface area contributed by atoms with Gasteiger partial charge in [-0.3, -0.25) is 0 Å². The highest BCUT2D eigenvalue weighted by atomic mass is 15.0. The van der Waals surface area contributed by atoms with Crippen LogP contribution in [0.25, 0.3) is 56.4 Å². The summed E-state index contributed by atoms with van der Waals surface area (Å²) < 4.78 is 0. The normalized spacial score (nSPS) is 24.6. The zero-order valence-electron chi connectivity index (χ0n) is 30.5. The van der Waals surface area contributed by atoms with Crippen LogP contribution in [0.1, 0.15) is 71.9 Å². The number of nitrogens with zero attached hydrogens (tertiary/aromatic N) is 4. The fourth-order valence-corrected chi connectivity index (χ4v) is 12.2. The lowest BCUT2D eigenvalue weighted by molar-refractivity contribution is -0.00517. The van der Waals surface area contributed by atoms with E-state index >= 15 is 0 Å². The van der Waals surface area contributed by atoms with Gasteiger partial charge in [0.05, 0.1) is 17.0 Å². The first kappa shape index (κ1) is 31.2. The molecule has 6 aliphatic rings. The molecule has 1 heterocycles. The first-order valence-corrected chi connectivity index (χ1v) is 19.9. The minimum atomic E-state index is -0.617. The summed E-state index contributed by atoms with van der Waals surface area (Å²) in [5, 5.41) is 10.2. The Morgan fingerprint density at radius 1 is 0.473 bits per heavy atom. The summed E-state index contributed by atoms with van der Waals surface area (Å²) >= 11 is 0. The van der Waals surface area contributed by atoms with Gasteiger partial charge in [-0.25, -0.2) is 15.0 Å². The molecule has 4 heteroatoms. The second-order valence-electron chi connectivity index (χ2n) is 16.9. The molecule has 4 bridgehead atoms. The number of hydrogen-bond acceptors (Lipinski definition) is 4. The third-order valence-corrected chi connectivity index (χ3v) is 13.9. The summed E-state index contributed by atoms with van der Waals surface area (Å²) in [5.41, 5.74) is 14.6. The zero-order valence-corrected chi connectivity index (χ0v) is 30.5. The van der Waals surface area contributed by atoms with Crippen molar-refractivity contribution in [2.24, 2.45) is 17.8 Å². The molecule has 7 aromatic rings. The van der Waals surface area contributed by atoms with Crippen LogP contribution < -0.4 is 0 Å². The molecule has 55 heavy (non-hydrogen) atoms. The van der Waals surface area contributed by atoms with Crippen LogP contribution in [0.15, 0.2) is 140 Å². The third kappa shape index (κ3) is 4.36. The molecule has 1 aromatic heterocycles. The van der Waals surface area contributed by atoms with Gasteiger partial charge < -0.3 is 0 Å². The van der Waals surface area contributed by atoms with Gasteiger partial charge in [0.2, 0.25) is 0 Å². The maximum atomic E-state index is 10.2. The molecule has 6 aliphatic carbocycles. The summed E-state index contributed by atoms with van der Waals surface area (Å²) in [4.78, 5) is 15.6. The molecule has 0 aliphatic heterocycles. The van der Waals surface area contributed by atoms with Crippen LogP contribution in [0, 0.1) is 29.1 Å². The second-order valence-corrected chi connectivity index (χ2v) is 16.9. The van der Waals surface area contributed by atoms with E-state index < -0.39 is 5.41 Å². The molecular formula is C51H38N4. The molecule has 6 aromatic carbocycles. The van der Waals surface area contributed by atoms with Gasteiger partial charge in [-0.15, -0.1) is 0 Å². The average molecular weight is 707 g/mol. The first-order chi connectivity index (χ1) is 27.1. The van der Waals surface area contributed by atoms with Gasteiger partial charge in [-0.2, -0.15) is 5.26 Å². The highest BCUT2D eigenvalue weighted by molar-refractivity contribution is 5.98. The highest BCUT2D eigenvalue weighted by Gasteiger charge is 2.55. The predicted octanol–water partition coefficient (Wildman–Crippen LogP) is 11.6. The Balaban J connectivity index is 1.14. The third-order valence-electron chi connectivity index (χ3n) is 13.9. The summed E-state index contributed by atoms with van der Waals surface area (Å²) in [6.45, 7) is 0. The predicted molar refractivity (Wildman–Crippen MR) is 217 cm³/mol. The number of fused-ring (bicyclic) bond motifs is 10. The molecule has 4 nitrogen and oxygen atoms in total. The van der Waals surface area contributed by atoms with Crippen LogP contribution in [0.3, 0.4) is 0 Å². The minimum absolute atomic E-state index is 0.291. The Labute approximate surface area is 321 Å². The van der Waals surface area contributed by atoms with E-state index in [0.717, 1.165) is 45.6 Å². The van der Waals surface area contributed by atoms with Crippen molar-refractivity contribution in [2.45, 2.75) is 49.4 Å². The molecular weight excluding hydrogens is 669 g/mol. The Morgan fingerprint density at radius 3 is 1.65 bits per heavy atom. The lowest BCUT2D eigenvalue weighted by Gasteiger charge is -2.57. The Morgan fingerprint density at radius 2 is 1.00 bits per heavy atom. The Kier molecular flexibility index (Phi) is 6.48. The maximum Gasteiger partial charge on any atom is 0.164 e. The van der Waals surface area contributed by atoms with Crippen molar-refractivity contribution in [3.05, 3.63) is 173 Å². The molecule has 0 amide bonds.